The molecule has 0 radical (unpaired) electrons. The number of likely N-dealkylation sites (N-methyl/N-ethyl adjacent to an activating group) is 1. The molecule has 4 nitrogen and oxygen atoms in total. The summed E-state index contributed by atoms with van der Waals surface area (Å²) in [6.45, 7) is 8.94. The van der Waals surface area contributed by atoms with Gasteiger partial charge in [-0.1, -0.05) is 13.8 Å². The second-order valence-corrected chi connectivity index (χ2v) is 3.89. The van der Waals surface area contributed by atoms with Crippen LogP contribution < -0.4 is 10.1 Å². The number of pyridine rings is 1. The summed E-state index contributed by atoms with van der Waals surface area (Å²) in [6.07, 6.45) is 1.79. The Morgan fingerprint density at radius 3 is 2.59 bits per heavy atom. The van der Waals surface area contributed by atoms with Gasteiger partial charge in [0.1, 0.15) is 12.4 Å². The molecule has 0 saturated heterocycles. The van der Waals surface area contributed by atoms with Crippen LogP contribution in [-0.4, -0.2) is 43.2 Å². The number of rotatable bonds is 8. The third-order valence-corrected chi connectivity index (χ3v) is 2.73. The fraction of sp³-hybridized carbons (Fsp3) is 0.615. The van der Waals surface area contributed by atoms with Crippen LogP contribution >= 0.6 is 0 Å². The van der Waals surface area contributed by atoms with E-state index >= 15 is 0 Å². The van der Waals surface area contributed by atoms with Crippen molar-refractivity contribution >= 4 is 0 Å². The van der Waals surface area contributed by atoms with Crippen LogP contribution in [0.2, 0.25) is 0 Å². The zero-order valence-electron chi connectivity index (χ0n) is 11.1. The van der Waals surface area contributed by atoms with Gasteiger partial charge in [-0.3, -0.25) is 4.98 Å². The summed E-state index contributed by atoms with van der Waals surface area (Å²) in [5.41, 5.74) is 1.03. The van der Waals surface area contributed by atoms with Crippen LogP contribution in [0.1, 0.15) is 19.5 Å². The van der Waals surface area contributed by atoms with Crippen LogP contribution in [0.4, 0.5) is 0 Å². The Morgan fingerprint density at radius 1 is 1.29 bits per heavy atom. The molecule has 1 aromatic rings. The van der Waals surface area contributed by atoms with Gasteiger partial charge < -0.3 is 15.0 Å². The quantitative estimate of drug-likeness (QED) is 0.744. The van der Waals surface area contributed by atoms with Crippen molar-refractivity contribution in [3.05, 3.63) is 24.0 Å². The molecule has 0 saturated carbocycles. The molecule has 0 aliphatic rings. The van der Waals surface area contributed by atoms with E-state index in [-0.39, 0.29) is 0 Å². The molecule has 0 spiro atoms. The lowest BCUT2D eigenvalue weighted by Crippen LogP contribution is -2.27. The van der Waals surface area contributed by atoms with E-state index in [1.807, 2.05) is 19.2 Å². The molecule has 1 heterocycles. The van der Waals surface area contributed by atoms with Crippen molar-refractivity contribution in [1.29, 1.82) is 0 Å². The standard InChI is InChI=1S/C13H23N3O/c1-4-16(5-2)8-9-17-13-7-6-12(10-14-3)15-11-13/h6-7,11,14H,4-5,8-10H2,1-3H3. The van der Waals surface area contributed by atoms with E-state index in [9.17, 15) is 0 Å². The van der Waals surface area contributed by atoms with Crippen LogP contribution in [0.15, 0.2) is 18.3 Å². The van der Waals surface area contributed by atoms with Gasteiger partial charge in [0.2, 0.25) is 0 Å². The summed E-state index contributed by atoms with van der Waals surface area (Å²) in [7, 11) is 1.91. The maximum absolute atomic E-state index is 5.65. The molecule has 0 bridgehead atoms. The zero-order chi connectivity index (χ0) is 12.5. The largest absolute Gasteiger partial charge is 0.491 e. The Morgan fingerprint density at radius 2 is 2.06 bits per heavy atom. The highest BCUT2D eigenvalue weighted by Crippen LogP contribution is 2.08. The van der Waals surface area contributed by atoms with Crippen molar-refractivity contribution in [3.63, 3.8) is 0 Å². The lowest BCUT2D eigenvalue weighted by atomic mass is 10.3. The van der Waals surface area contributed by atoms with Gasteiger partial charge in [-0.05, 0) is 32.3 Å². The summed E-state index contributed by atoms with van der Waals surface area (Å²) < 4.78 is 5.65. The maximum Gasteiger partial charge on any atom is 0.137 e. The highest BCUT2D eigenvalue weighted by atomic mass is 16.5. The average molecular weight is 237 g/mol. The molecule has 1 rings (SSSR count). The normalized spacial score (nSPS) is 10.8. The summed E-state index contributed by atoms with van der Waals surface area (Å²) in [5.74, 6) is 0.844. The SMILES string of the molecule is CCN(CC)CCOc1ccc(CNC)nc1. The predicted molar refractivity (Wildman–Crippen MR) is 70.3 cm³/mol. The number of aromatic nitrogens is 1. The number of ether oxygens (including phenoxy) is 1. The Bertz CT molecular complexity index is 296. The van der Waals surface area contributed by atoms with Crippen molar-refractivity contribution in [3.8, 4) is 5.75 Å². The molecular weight excluding hydrogens is 214 g/mol. The summed E-state index contributed by atoms with van der Waals surface area (Å²) in [5, 5.41) is 3.07. The molecule has 0 aromatic carbocycles. The van der Waals surface area contributed by atoms with Gasteiger partial charge in [-0.2, -0.15) is 0 Å². The molecule has 1 N–H and O–H groups in total. The van der Waals surface area contributed by atoms with Gasteiger partial charge in [0.15, 0.2) is 0 Å². The van der Waals surface area contributed by atoms with E-state index in [1.165, 1.54) is 0 Å². The molecule has 0 aliphatic carbocycles. The van der Waals surface area contributed by atoms with Crippen LogP contribution in [0.5, 0.6) is 5.75 Å². The summed E-state index contributed by atoms with van der Waals surface area (Å²) in [4.78, 5) is 6.64. The molecule has 1 aromatic heterocycles. The first-order valence-corrected chi connectivity index (χ1v) is 6.24. The second-order valence-electron chi connectivity index (χ2n) is 3.89. The van der Waals surface area contributed by atoms with E-state index < -0.39 is 0 Å². The minimum absolute atomic E-state index is 0.717. The fourth-order valence-electron chi connectivity index (χ4n) is 1.61. The molecule has 0 aliphatic heterocycles. The fourth-order valence-corrected chi connectivity index (χ4v) is 1.61. The van der Waals surface area contributed by atoms with Gasteiger partial charge in [-0.15, -0.1) is 0 Å². The average Bonchev–Trinajstić information content (AvgIpc) is 2.37. The van der Waals surface area contributed by atoms with Gasteiger partial charge in [0.25, 0.3) is 0 Å². The first-order chi connectivity index (χ1) is 8.30. The van der Waals surface area contributed by atoms with Crippen LogP contribution in [-0.2, 0) is 6.54 Å². The third kappa shape index (κ3) is 5.15. The predicted octanol–water partition coefficient (Wildman–Crippen LogP) is 1.52. The maximum atomic E-state index is 5.65. The Kier molecular flexibility index (Phi) is 6.58. The van der Waals surface area contributed by atoms with Crippen molar-refractivity contribution in [2.45, 2.75) is 20.4 Å². The number of nitrogens with zero attached hydrogens (tertiary/aromatic N) is 2. The van der Waals surface area contributed by atoms with Gasteiger partial charge >= 0.3 is 0 Å². The first kappa shape index (κ1) is 13.9. The first-order valence-electron chi connectivity index (χ1n) is 6.24. The van der Waals surface area contributed by atoms with Crippen LogP contribution in [0.3, 0.4) is 0 Å². The van der Waals surface area contributed by atoms with E-state index in [1.54, 1.807) is 6.20 Å². The van der Waals surface area contributed by atoms with Crippen molar-refractivity contribution in [1.82, 2.24) is 15.2 Å². The van der Waals surface area contributed by atoms with Crippen molar-refractivity contribution in [2.24, 2.45) is 0 Å². The van der Waals surface area contributed by atoms with Crippen LogP contribution in [0.25, 0.3) is 0 Å². The van der Waals surface area contributed by atoms with Gasteiger partial charge in [0, 0.05) is 13.1 Å². The van der Waals surface area contributed by atoms with E-state index in [4.69, 9.17) is 4.74 Å². The molecule has 0 atom stereocenters. The lowest BCUT2D eigenvalue weighted by Gasteiger charge is -2.17. The molecule has 0 fully saturated rings. The zero-order valence-corrected chi connectivity index (χ0v) is 11.1. The van der Waals surface area contributed by atoms with Gasteiger partial charge in [-0.25, -0.2) is 0 Å². The molecule has 0 unspecified atom stereocenters. The molecule has 0 amide bonds. The molecule has 17 heavy (non-hydrogen) atoms. The molecule has 4 heteroatoms. The Labute approximate surface area is 104 Å². The smallest absolute Gasteiger partial charge is 0.137 e. The third-order valence-electron chi connectivity index (χ3n) is 2.73. The minimum atomic E-state index is 0.717. The second kappa shape index (κ2) is 8.03. The Hall–Kier alpha value is -1.13. The number of nitrogens with one attached hydrogen (secondary N) is 1. The topological polar surface area (TPSA) is 37.4 Å². The van der Waals surface area contributed by atoms with E-state index in [0.29, 0.717) is 6.61 Å². The highest BCUT2D eigenvalue weighted by molar-refractivity contribution is 5.19. The Balaban J connectivity index is 2.31. The number of hydrogen-bond acceptors (Lipinski definition) is 4. The monoisotopic (exact) mass is 237 g/mol. The number of hydrogen-bond donors (Lipinski definition) is 1. The van der Waals surface area contributed by atoms with Crippen molar-refractivity contribution < 1.29 is 4.74 Å². The molecule has 96 valence electrons. The lowest BCUT2D eigenvalue weighted by molar-refractivity contribution is 0.222. The minimum Gasteiger partial charge on any atom is -0.491 e. The highest BCUT2D eigenvalue weighted by Gasteiger charge is 2.00. The van der Waals surface area contributed by atoms with E-state index in [2.05, 4.69) is 29.0 Å². The summed E-state index contributed by atoms with van der Waals surface area (Å²) >= 11 is 0. The summed E-state index contributed by atoms with van der Waals surface area (Å²) in [6, 6.07) is 3.96. The van der Waals surface area contributed by atoms with Crippen molar-refractivity contribution in [2.75, 3.05) is 33.3 Å². The van der Waals surface area contributed by atoms with Crippen LogP contribution in [0, 0.1) is 0 Å². The van der Waals surface area contributed by atoms with E-state index in [0.717, 1.165) is 37.6 Å². The molecular formula is C13H23N3O. The van der Waals surface area contributed by atoms with Gasteiger partial charge in [0.05, 0.1) is 11.9 Å².